The Kier molecular flexibility index (Phi) is 7.43. The Bertz CT molecular complexity index is 1670. The van der Waals surface area contributed by atoms with E-state index in [9.17, 15) is 18.3 Å². The summed E-state index contributed by atoms with van der Waals surface area (Å²) >= 11 is 0. The van der Waals surface area contributed by atoms with Crippen LogP contribution in [-0.2, 0) is 12.1 Å². The van der Waals surface area contributed by atoms with Gasteiger partial charge in [-0.05, 0) is 49.2 Å². The monoisotopic (exact) mass is 575 g/mol. The SMILES string of the molecule is Nc1nccc(-c2c(-c3ccc(F)cc3)ncn2C2CCN(CC(O)(Cn3cncn3)c3ccc(F)cc3F)CC2)n1. The molecule has 3 aromatic heterocycles. The third kappa shape index (κ3) is 5.60. The minimum atomic E-state index is -1.69. The number of nitrogens with two attached hydrogens (primary N) is 1. The highest BCUT2D eigenvalue weighted by molar-refractivity contribution is 5.77. The summed E-state index contributed by atoms with van der Waals surface area (Å²) in [6.07, 6.45) is 7.49. The Balaban J connectivity index is 1.26. The molecule has 1 aliphatic rings. The fourth-order valence-corrected chi connectivity index (χ4v) is 5.61. The summed E-state index contributed by atoms with van der Waals surface area (Å²) in [5, 5.41) is 15.8. The molecule has 1 atom stereocenters. The van der Waals surface area contributed by atoms with Gasteiger partial charge in [0, 0.05) is 49.1 Å². The number of imidazole rings is 1. The van der Waals surface area contributed by atoms with Crippen molar-refractivity contribution in [2.45, 2.75) is 31.0 Å². The van der Waals surface area contributed by atoms with Crippen molar-refractivity contribution in [2.24, 2.45) is 0 Å². The van der Waals surface area contributed by atoms with E-state index in [2.05, 4.69) is 34.5 Å². The summed E-state index contributed by atoms with van der Waals surface area (Å²) in [4.78, 5) is 19.1. The normalized spacial score (nSPS) is 16.0. The molecule has 1 saturated heterocycles. The smallest absolute Gasteiger partial charge is 0.220 e. The minimum absolute atomic E-state index is 0.0105. The number of hydrogen-bond donors (Lipinski definition) is 2. The van der Waals surface area contributed by atoms with Crippen LogP contribution in [0.4, 0.5) is 19.1 Å². The summed E-state index contributed by atoms with van der Waals surface area (Å²) in [6.45, 7) is 1.21. The number of rotatable bonds is 8. The molecule has 10 nitrogen and oxygen atoms in total. The van der Waals surface area contributed by atoms with Crippen LogP contribution in [0.25, 0.3) is 22.6 Å². The van der Waals surface area contributed by atoms with Crippen molar-refractivity contribution in [3.8, 4) is 22.6 Å². The first kappa shape index (κ1) is 27.5. The van der Waals surface area contributed by atoms with Gasteiger partial charge in [-0.3, -0.25) is 4.90 Å². The number of likely N-dealkylation sites (tertiary alicyclic amines) is 1. The summed E-state index contributed by atoms with van der Waals surface area (Å²) in [5.74, 6) is -1.77. The van der Waals surface area contributed by atoms with Crippen molar-refractivity contribution in [2.75, 3.05) is 25.4 Å². The lowest BCUT2D eigenvalue weighted by molar-refractivity contribution is -0.0281. The number of benzene rings is 2. The number of piperidine rings is 1. The van der Waals surface area contributed by atoms with Crippen LogP contribution >= 0.6 is 0 Å². The van der Waals surface area contributed by atoms with Crippen molar-refractivity contribution in [1.29, 1.82) is 0 Å². The average molecular weight is 576 g/mol. The van der Waals surface area contributed by atoms with Crippen molar-refractivity contribution >= 4 is 5.95 Å². The molecule has 0 amide bonds. The molecule has 13 heteroatoms. The van der Waals surface area contributed by atoms with Crippen LogP contribution in [0.2, 0.25) is 0 Å². The molecule has 1 aliphatic heterocycles. The predicted molar refractivity (Wildman–Crippen MR) is 148 cm³/mol. The second-order valence-corrected chi connectivity index (χ2v) is 10.4. The van der Waals surface area contributed by atoms with E-state index in [1.165, 1.54) is 35.5 Å². The van der Waals surface area contributed by atoms with Crippen LogP contribution in [0.15, 0.2) is 73.7 Å². The maximum atomic E-state index is 14.9. The highest BCUT2D eigenvalue weighted by atomic mass is 19.1. The number of halogens is 3. The summed E-state index contributed by atoms with van der Waals surface area (Å²) in [6, 6.07) is 11.1. The molecule has 0 spiro atoms. The first-order valence-corrected chi connectivity index (χ1v) is 13.4. The molecule has 216 valence electrons. The first-order chi connectivity index (χ1) is 20.3. The van der Waals surface area contributed by atoms with Gasteiger partial charge >= 0.3 is 0 Å². The Morgan fingerprint density at radius 1 is 0.929 bits per heavy atom. The van der Waals surface area contributed by atoms with Gasteiger partial charge in [-0.15, -0.1) is 0 Å². The number of nitrogen functional groups attached to an aromatic ring is 1. The molecule has 6 rings (SSSR count). The van der Waals surface area contributed by atoms with Crippen LogP contribution in [0.3, 0.4) is 0 Å². The second-order valence-electron chi connectivity index (χ2n) is 10.4. The van der Waals surface area contributed by atoms with E-state index in [0.29, 0.717) is 37.3 Å². The largest absolute Gasteiger partial charge is 0.382 e. The second kappa shape index (κ2) is 11.3. The van der Waals surface area contributed by atoms with Gasteiger partial charge in [0.15, 0.2) is 0 Å². The molecular weight excluding hydrogens is 547 g/mol. The molecule has 0 aliphatic carbocycles. The van der Waals surface area contributed by atoms with Gasteiger partial charge in [-0.25, -0.2) is 37.8 Å². The van der Waals surface area contributed by atoms with Crippen LogP contribution in [-0.4, -0.2) is 63.9 Å². The lowest BCUT2D eigenvalue weighted by Gasteiger charge is -2.39. The summed E-state index contributed by atoms with van der Waals surface area (Å²) in [7, 11) is 0. The molecule has 0 bridgehead atoms. The molecular formula is C29H28F3N9O. The van der Waals surface area contributed by atoms with E-state index < -0.39 is 17.2 Å². The highest BCUT2D eigenvalue weighted by Gasteiger charge is 2.37. The van der Waals surface area contributed by atoms with E-state index in [1.807, 2.05) is 0 Å². The van der Waals surface area contributed by atoms with Crippen LogP contribution in [0.1, 0.15) is 24.4 Å². The Hall–Kier alpha value is -4.62. The number of aromatic nitrogens is 7. The van der Waals surface area contributed by atoms with E-state index in [-0.39, 0.29) is 36.5 Å². The number of hydrogen-bond acceptors (Lipinski definition) is 8. The van der Waals surface area contributed by atoms with Gasteiger partial charge < -0.3 is 15.4 Å². The fourth-order valence-electron chi connectivity index (χ4n) is 5.61. The molecule has 1 fully saturated rings. The standard InChI is InChI=1S/C29H28F3N9O/c30-20-3-1-19(2-4-20)26-27(25-7-10-35-28(33)38-25)41(18-36-26)22-8-11-39(12-9-22)14-29(42,15-40-17-34-16-37-40)23-6-5-21(31)13-24(23)32/h1-7,10,13,16-18,22,42H,8-9,11-12,14-15H2,(H2,33,35,38). The molecule has 1 unspecified atom stereocenters. The topological polar surface area (TPSA) is 124 Å². The molecule has 2 aromatic carbocycles. The quantitative estimate of drug-likeness (QED) is 0.286. The lowest BCUT2D eigenvalue weighted by atomic mass is 9.91. The maximum absolute atomic E-state index is 14.9. The van der Waals surface area contributed by atoms with Gasteiger partial charge in [0.25, 0.3) is 0 Å². The lowest BCUT2D eigenvalue weighted by Crippen LogP contribution is -2.47. The third-order valence-corrected chi connectivity index (χ3v) is 7.59. The van der Waals surface area contributed by atoms with E-state index in [4.69, 9.17) is 5.73 Å². The number of nitrogens with zero attached hydrogens (tertiary/aromatic N) is 8. The van der Waals surface area contributed by atoms with E-state index >= 15 is 0 Å². The Labute approximate surface area is 239 Å². The van der Waals surface area contributed by atoms with Crippen molar-refractivity contribution in [1.82, 2.24) is 39.2 Å². The minimum Gasteiger partial charge on any atom is -0.382 e. The third-order valence-electron chi connectivity index (χ3n) is 7.59. The zero-order chi connectivity index (χ0) is 29.3. The van der Waals surface area contributed by atoms with Gasteiger partial charge in [0.05, 0.1) is 30.0 Å². The number of aliphatic hydroxyl groups is 1. The van der Waals surface area contributed by atoms with E-state index in [0.717, 1.165) is 23.4 Å². The summed E-state index contributed by atoms with van der Waals surface area (Å²) in [5.41, 5.74) is 6.92. The molecule has 5 aromatic rings. The number of anilines is 1. The van der Waals surface area contributed by atoms with Crippen molar-refractivity contribution < 1.29 is 18.3 Å². The van der Waals surface area contributed by atoms with Gasteiger partial charge in [-0.2, -0.15) is 5.10 Å². The molecule has 42 heavy (non-hydrogen) atoms. The van der Waals surface area contributed by atoms with E-state index in [1.54, 1.807) is 30.7 Å². The fraction of sp³-hybridized carbons (Fsp3) is 0.276. The predicted octanol–water partition coefficient (Wildman–Crippen LogP) is 3.82. The zero-order valence-corrected chi connectivity index (χ0v) is 22.5. The van der Waals surface area contributed by atoms with Crippen LogP contribution < -0.4 is 5.73 Å². The molecule has 0 radical (unpaired) electrons. The van der Waals surface area contributed by atoms with Crippen LogP contribution in [0, 0.1) is 17.5 Å². The average Bonchev–Trinajstić information content (AvgIpc) is 3.64. The molecule has 0 saturated carbocycles. The molecule has 4 heterocycles. The van der Waals surface area contributed by atoms with Crippen molar-refractivity contribution in [3.05, 3.63) is 96.7 Å². The van der Waals surface area contributed by atoms with Crippen molar-refractivity contribution in [3.63, 3.8) is 0 Å². The highest BCUT2D eigenvalue weighted by Crippen LogP contribution is 2.36. The van der Waals surface area contributed by atoms with Gasteiger partial charge in [0.2, 0.25) is 5.95 Å². The molecule has 3 N–H and O–H groups in total. The first-order valence-electron chi connectivity index (χ1n) is 13.4. The Morgan fingerprint density at radius 2 is 1.69 bits per heavy atom. The summed E-state index contributed by atoms with van der Waals surface area (Å²) < 4.78 is 45.7. The number of β-amino-alcohol motifs (C(OH)–C–C–N with tert-alkyl or cyclic N) is 1. The Morgan fingerprint density at radius 3 is 2.38 bits per heavy atom. The zero-order valence-electron chi connectivity index (χ0n) is 22.5. The van der Waals surface area contributed by atoms with Gasteiger partial charge in [0.1, 0.15) is 35.7 Å². The maximum Gasteiger partial charge on any atom is 0.220 e. The van der Waals surface area contributed by atoms with Crippen LogP contribution in [0.5, 0.6) is 0 Å². The van der Waals surface area contributed by atoms with Gasteiger partial charge in [-0.1, -0.05) is 6.07 Å².